The van der Waals surface area contributed by atoms with Crippen LogP contribution in [0.4, 0.5) is 11.5 Å². The number of hydrogen-bond donors (Lipinski definition) is 3. The van der Waals surface area contributed by atoms with Gasteiger partial charge in [0.2, 0.25) is 0 Å². The van der Waals surface area contributed by atoms with E-state index in [-0.39, 0.29) is 0 Å². The lowest BCUT2D eigenvalue weighted by atomic mass is 10.1. The van der Waals surface area contributed by atoms with E-state index in [4.69, 9.17) is 4.98 Å². The summed E-state index contributed by atoms with van der Waals surface area (Å²) in [5.74, 6) is 1.86. The summed E-state index contributed by atoms with van der Waals surface area (Å²) in [6.07, 6.45) is 4.18. The van der Waals surface area contributed by atoms with Gasteiger partial charge >= 0.3 is 0 Å². The summed E-state index contributed by atoms with van der Waals surface area (Å²) in [5.41, 5.74) is 5.90. The molecular weight excluding hydrogens is 346 g/mol. The molecular formula is C23H23N5. The van der Waals surface area contributed by atoms with Crippen molar-refractivity contribution >= 4 is 22.4 Å². The summed E-state index contributed by atoms with van der Waals surface area (Å²) >= 11 is 0. The summed E-state index contributed by atoms with van der Waals surface area (Å²) in [6.45, 7) is 2.64. The first-order chi connectivity index (χ1) is 13.8. The van der Waals surface area contributed by atoms with Crippen molar-refractivity contribution in [1.82, 2.24) is 15.0 Å². The van der Waals surface area contributed by atoms with Crippen molar-refractivity contribution < 1.29 is 0 Å². The molecule has 28 heavy (non-hydrogen) atoms. The van der Waals surface area contributed by atoms with Crippen LogP contribution in [0.2, 0.25) is 0 Å². The number of aromatic nitrogens is 3. The van der Waals surface area contributed by atoms with Crippen LogP contribution in [-0.2, 0) is 13.0 Å². The van der Waals surface area contributed by atoms with Gasteiger partial charge in [0, 0.05) is 17.3 Å². The molecule has 1 aliphatic rings. The molecule has 140 valence electrons. The van der Waals surface area contributed by atoms with Gasteiger partial charge in [-0.1, -0.05) is 30.3 Å². The van der Waals surface area contributed by atoms with Gasteiger partial charge in [0.1, 0.15) is 11.6 Å². The summed E-state index contributed by atoms with van der Waals surface area (Å²) in [7, 11) is 0. The fourth-order valence-corrected chi connectivity index (χ4v) is 4.02. The molecule has 2 aromatic heterocycles. The molecule has 0 bridgehead atoms. The minimum atomic E-state index is 0.338. The van der Waals surface area contributed by atoms with Crippen LogP contribution >= 0.6 is 0 Å². The summed E-state index contributed by atoms with van der Waals surface area (Å²) in [6, 6.07) is 19.4. The lowest BCUT2D eigenvalue weighted by molar-refractivity contribution is 0.758. The van der Waals surface area contributed by atoms with Gasteiger partial charge in [-0.15, -0.1) is 0 Å². The molecule has 0 aliphatic heterocycles. The van der Waals surface area contributed by atoms with Gasteiger partial charge in [0.15, 0.2) is 0 Å². The number of anilines is 2. The van der Waals surface area contributed by atoms with Crippen molar-refractivity contribution in [2.75, 3.05) is 10.6 Å². The van der Waals surface area contributed by atoms with Crippen molar-refractivity contribution in [2.45, 2.75) is 32.4 Å². The third-order valence-electron chi connectivity index (χ3n) is 5.41. The molecule has 1 atom stereocenters. The Hall–Kier alpha value is -3.34. The van der Waals surface area contributed by atoms with E-state index >= 15 is 0 Å². The smallest absolute Gasteiger partial charge is 0.127 e. The minimum absolute atomic E-state index is 0.338. The highest BCUT2D eigenvalue weighted by Gasteiger charge is 2.21. The molecule has 2 heterocycles. The zero-order valence-electron chi connectivity index (χ0n) is 15.9. The predicted octanol–water partition coefficient (Wildman–Crippen LogP) is 4.98. The van der Waals surface area contributed by atoms with E-state index in [0.29, 0.717) is 12.6 Å². The zero-order chi connectivity index (χ0) is 18.9. The Balaban J connectivity index is 1.37. The highest BCUT2D eigenvalue weighted by Crippen LogP contribution is 2.34. The molecule has 5 nitrogen and oxygen atoms in total. The Kier molecular flexibility index (Phi) is 4.20. The average molecular weight is 369 g/mol. The molecule has 2 aromatic carbocycles. The van der Waals surface area contributed by atoms with E-state index in [1.165, 1.54) is 11.1 Å². The third-order valence-corrected chi connectivity index (χ3v) is 5.41. The highest BCUT2D eigenvalue weighted by molar-refractivity contribution is 5.92. The molecule has 0 unspecified atom stereocenters. The van der Waals surface area contributed by atoms with Crippen LogP contribution in [0.25, 0.3) is 10.9 Å². The molecule has 0 saturated heterocycles. The molecule has 5 rings (SSSR count). The Morgan fingerprint density at radius 2 is 1.96 bits per heavy atom. The second-order valence-electron chi connectivity index (χ2n) is 7.33. The Morgan fingerprint density at radius 3 is 2.86 bits per heavy atom. The first-order valence-electron chi connectivity index (χ1n) is 9.75. The maximum absolute atomic E-state index is 4.86. The summed E-state index contributed by atoms with van der Waals surface area (Å²) in [4.78, 5) is 12.4. The number of aromatic amines is 1. The number of nitrogens with one attached hydrogen (secondary N) is 3. The molecule has 0 radical (unpaired) electrons. The average Bonchev–Trinajstić information content (AvgIpc) is 3.32. The lowest BCUT2D eigenvalue weighted by Gasteiger charge is -2.16. The van der Waals surface area contributed by atoms with Gasteiger partial charge in [-0.05, 0) is 55.2 Å². The second kappa shape index (κ2) is 7.00. The van der Waals surface area contributed by atoms with Crippen LogP contribution in [-0.4, -0.2) is 15.0 Å². The van der Waals surface area contributed by atoms with Crippen LogP contribution in [0.3, 0.4) is 0 Å². The van der Waals surface area contributed by atoms with E-state index in [1.807, 2.05) is 19.2 Å². The van der Waals surface area contributed by atoms with Crippen LogP contribution in [0.15, 0.2) is 60.8 Å². The SMILES string of the molecule is Cc1nc(CNc2cccc3nc(N[C@@H]4CCc5ccccc54)ccc23)c[nH]1. The Labute approximate surface area is 164 Å². The maximum Gasteiger partial charge on any atom is 0.127 e. The monoisotopic (exact) mass is 369 g/mol. The van der Waals surface area contributed by atoms with Gasteiger partial charge in [-0.2, -0.15) is 0 Å². The Morgan fingerprint density at radius 1 is 1.04 bits per heavy atom. The molecule has 3 N–H and O–H groups in total. The normalized spacial score (nSPS) is 15.5. The largest absolute Gasteiger partial charge is 0.379 e. The molecule has 0 spiro atoms. The number of benzene rings is 2. The van der Waals surface area contributed by atoms with Crippen molar-refractivity contribution in [2.24, 2.45) is 0 Å². The number of imidazole rings is 1. The van der Waals surface area contributed by atoms with E-state index in [9.17, 15) is 0 Å². The van der Waals surface area contributed by atoms with E-state index < -0.39 is 0 Å². The number of hydrogen-bond acceptors (Lipinski definition) is 4. The third kappa shape index (κ3) is 3.20. The zero-order valence-corrected chi connectivity index (χ0v) is 15.9. The number of H-pyrrole nitrogens is 1. The molecule has 1 aliphatic carbocycles. The number of nitrogens with zero attached hydrogens (tertiary/aromatic N) is 2. The fourth-order valence-electron chi connectivity index (χ4n) is 4.02. The quantitative estimate of drug-likeness (QED) is 0.464. The minimum Gasteiger partial charge on any atom is -0.379 e. The highest BCUT2D eigenvalue weighted by atomic mass is 15.0. The van der Waals surface area contributed by atoms with Gasteiger partial charge < -0.3 is 15.6 Å². The topological polar surface area (TPSA) is 65.6 Å². The van der Waals surface area contributed by atoms with E-state index in [2.05, 4.69) is 69.1 Å². The lowest BCUT2D eigenvalue weighted by Crippen LogP contribution is -2.08. The van der Waals surface area contributed by atoms with Crippen molar-refractivity contribution in [3.8, 4) is 0 Å². The summed E-state index contributed by atoms with van der Waals surface area (Å²) in [5, 5.41) is 8.22. The first-order valence-corrected chi connectivity index (χ1v) is 9.75. The number of rotatable bonds is 5. The molecule has 0 fully saturated rings. The van der Waals surface area contributed by atoms with Crippen LogP contribution in [0, 0.1) is 6.92 Å². The fraction of sp³-hybridized carbons (Fsp3) is 0.217. The molecule has 4 aromatic rings. The van der Waals surface area contributed by atoms with Crippen molar-refractivity contribution in [3.63, 3.8) is 0 Å². The van der Waals surface area contributed by atoms with Gasteiger partial charge in [0.25, 0.3) is 0 Å². The van der Waals surface area contributed by atoms with Crippen molar-refractivity contribution in [1.29, 1.82) is 0 Å². The number of aryl methyl sites for hydroxylation is 2. The number of fused-ring (bicyclic) bond motifs is 2. The predicted molar refractivity (Wildman–Crippen MR) is 114 cm³/mol. The van der Waals surface area contributed by atoms with Crippen LogP contribution < -0.4 is 10.6 Å². The maximum atomic E-state index is 4.86. The Bertz CT molecular complexity index is 1130. The van der Waals surface area contributed by atoms with Gasteiger partial charge in [0.05, 0.1) is 23.8 Å². The van der Waals surface area contributed by atoms with Crippen molar-refractivity contribution in [3.05, 3.63) is 83.4 Å². The van der Waals surface area contributed by atoms with Crippen LogP contribution in [0.5, 0.6) is 0 Å². The second-order valence-corrected chi connectivity index (χ2v) is 7.33. The standard InChI is InChI=1S/C23H23N5/c1-15-24-13-17(26-15)14-25-20-7-4-8-21-19(20)10-12-23(27-21)28-22-11-9-16-5-2-3-6-18(16)22/h2-8,10,12-13,22,25H,9,11,14H2,1H3,(H,24,26)(H,27,28)/t22-/m1/s1. The van der Waals surface area contributed by atoms with E-state index in [1.54, 1.807) is 0 Å². The molecule has 0 amide bonds. The molecule has 0 saturated carbocycles. The van der Waals surface area contributed by atoms with E-state index in [0.717, 1.165) is 46.8 Å². The van der Waals surface area contributed by atoms with Gasteiger partial charge in [-0.25, -0.2) is 9.97 Å². The van der Waals surface area contributed by atoms with Crippen LogP contribution in [0.1, 0.15) is 35.1 Å². The number of pyridine rings is 1. The molecule has 5 heteroatoms. The summed E-state index contributed by atoms with van der Waals surface area (Å²) < 4.78 is 0. The van der Waals surface area contributed by atoms with Gasteiger partial charge in [-0.3, -0.25) is 0 Å². The first kappa shape index (κ1) is 16.8.